The van der Waals surface area contributed by atoms with Crippen LogP contribution in [0.5, 0.6) is 0 Å². The van der Waals surface area contributed by atoms with Gasteiger partial charge in [-0.2, -0.15) is 0 Å². The van der Waals surface area contributed by atoms with Gasteiger partial charge in [0, 0.05) is 43.1 Å². The average molecular weight is 438 g/mol. The van der Waals surface area contributed by atoms with Gasteiger partial charge in [-0.1, -0.05) is 36.7 Å². The van der Waals surface area contributed by atoms with E-state index in [-0.39, 0.29) is 11.9 Å². The van der Waals surface area contributed by atoms with E-state index in [0.717, 1.165) is 55.4 Å². The summed E-state index contributed by atoms with van der Waals surface area (Å²) in [7, 11) is 0. The van der Waals surface area contributed by atoms with E-state index in [1.165, 1.54) is 5.69 Å². The fraction of sp³-hybridized carbons (Fsp3) is 0.400. The van der Waals surface area contributed by atoms with Crippen molar-refractivity contribution in [1.82, 2.24) is 14.4 Å². The Morgan fingerprint density at radius 3 is 2.65 bits per heavy atom. The Labute approximate surface area is 188 Å². The van der Waals surface area contributed by atoms with Crippen molar-refractivity contribution in [3.8, 4) is 0 Å². The van der Waals surface area contributed by atoms with E-state index in [1.807, 2.05) is 35.2 Å². The summed E-state index contributed by atoms with van der Waals surface area (Å²) in [5.41, 5.74) is 2.32. The maximum atomic E-state index is 12.9. The topological polar surface area (TPSA) is 41.6 Å². The summed E-state index contributed by atoms with van der Waals surface area (Å²) in [5, 5.41) is 0.766. The molecule has 1 amide bonds. The molecule has 0 spiro atoms. The molecule has 1 unspecified atom stereocenters. The van der Waals surface area contributed by atoms with Gasteiger partial charge in [0.05, 0.1) is 12.6 Å². The zero-order valence-corrected chi connectivity index (χ0v) is 18.6. The number of hydrogen-bond donors (Lipinski definition) is 0. The number of amides is 1. The number of halogens is 1. The predicted octanol–water partition coefficient (Wildman–Crippen LogP) is 5.21. The first kappa shape index (κ1) is 20.4. The monoisotopic (exact) mass is 437 g/mol. The fourth-order valence-electron chi connectivity index (χ4n) is 4.80. The van der Waals surface area contributed by atoms with Gasteiger partial charge in [-0.25, -0.2) is 0 Å². The normalized spacial score (nSPS) is 20.1. The van der Waals surface area contributed by atoms with Crippen LogP contribution in [0.3, 0.4) is 0 Å². The largest absolute Gasteiger partial charge is 0.455 e. The number of aromatic nitrogens is 1. The van der Waals surface area contributed by atoms with Crippen LogP contribution in [0.25, 0.3) is 0 Å². The zero-order valence-electron chi connectivity index (χ0n) is 17.8. The molecule has 4 heterocycles. The van der Waals surface area contributed by atoms with Crippen LogP contribution < -0.4 is 0 Å². The minimum Gasteiger partial charge on any atom is -0.455 e. The molecule has 2 aliphatic rings. The van der Waals surface area contributed by atoms with Crippen LogP contribution in [-0.2, 0) is 13.1 Å². The highest BCUT2D eigenvalue weighted by atomic mass is 35.5. The second-order valence-corrected chi connectivity index (χ2v) is 9.17. The number of furan rings is 1. The summed E-state index contributed by atoms with van der Waals surface area (Å²) in [4.78, 5) is 17.2. The first-order chi connectivity index (χ1) is 15.1. The number of benzene rings is 1. The number of carbonyl (C=O) groups excluding carboxylic acids is 1. The molecule has 2 aromatic heterocycles. The van der Waals surface area contributed by atoms with Crippen molar-refractivity contribution < 1.29 is 9.21 Å². The first-order valence-electron chi connectivity index (χ1n) is 11.1. The highest BCUT2D eigenvalue weighted by Crippen LogP contribution is 2.37. The standard InChI is InChI=1S/C25H28ClN3O2/c1-18-10-13-28(14-11-18)25(30)23-9-8-19(31-23)17-29-16-15-27-12-4-7-22(27)24(29)20-5-2-3-6-21(20)26/h2-9,12,18,24H,10-11,13-17H2,1H3. The highest BCUT2D eigenvalue weighted by molar-refractivity contribution is 6.31. The highest BCUT2D eigenvalue weighted by Gasteiger charge is 2.31. The van der Waals surface area contributed by atoms with Gasteiger partial charge >= 0.3 is 0 Å². The number of rotatable bonds is 4. The Hall–Kier alpha value is -2.50. The van der Waals surface area contributed by atoms with Crippen LogP contribution in [-0.4, -0.2) is 39.9 Å². The van der Waals surface area contributed by atoms with E-state index in [2.05, 4.69) is 40.8 Å². The lowest BCUT2D eigenvalue weighted by molar-refractivity contribution is 0.0659. The molecule has 162 valence electrons. The minimum absolute atomic E-state index is 0.00771. The molecule has 2 aliphatic heterocycles. The summed E-state index contributed by atoms with van der Waals surface area (Å²) in [6.07, 6.45) is 4.25. The molecule has 0 saturated carbocycles. The predicted molar refractivity (Wildman–Crippen MR) is 121 cm³/mol. The van der Waals surface area contributed by atoms with E-state index >= 15 is 0 Å². The smallest absolute Gasteiger partial charge is 0.289 e. The molecule has 0 radical (unpaired) electrons. The van der Waals surface area contributed by atoms with E-state index in [0.29, 0.717) is 18.2 Å². The van der Waals surface area contributed by atoms with Gasteiger partial charge in [-0.15, -0.1) is 0 Å². The van der Waals surface area contributed by atoms with Gasteiger partial charge in [0.1, 0.15) is 5.76 Å². The van der Waals surface area contributed by atoms with Crippen molar-refractivity contribution >= 4 is 17.5 Å². The van der Waals surface area contributed by atoms with Crippen molar-refractivity contribution in [1.29, 1.82) is 0 Å². The molecule has 5 rings (SSSR count). The van der Waals surface area contributed by atoms with Crippen LogP contribution in [0.4, 0.5) is 0 Å². The number of fused-ring (bicyclic) bond motifs is 1. The maximum absolute atomic E-state index is 12.9. The van der Waals surface area contributed by atoms with Crippen LogP contribution in [0.15, 0.2) is 59.1 Å². The molecule has 1 aromatic carbocycles. The summed E-state index contributed by atoms with van der Waals surface area (Å²) in [6, 6.07) is 16.1. The molecule has 5 nitrogen and oxygen atoms in total. The van der Waals surface area contributed by atoms with Crippen LogP contribution >= 0.6 is 11.6 Å². The Kier molecular flexibility index (Phi) is 5.63. The number of piperidine rings is 1. The Balaban J connectivity index is 1.37. The van der Waals surface area contributed by atoms with Crippen LogP contribution in [0.1, 0.15) is 53.4 Å². The van der Waals surface area contributed by atoms with Crippen molar-refractivity contribution in [2.75, 3.05) is 19.6 Å². The van der Waals surface area contributed by atoms with Gasteiger partial charge in [0.15, 0.2) is 5.76 Å². The Bertz CT molecular complexity index is 1060. The molecule has 0 N–H and O–H groups in total. The zero-order chi connectivity index (χ0) is 21.4. The van der Waals surface area contributed by atoms with Crippen molar-refractivity contribution in [2.24, 2.45) is 5.92 Å². The van der Waals surface area contributed by atoms with Gasteiger partial charge in [0.25, 0.3) is 5.91 Å². The molecular formula is C25H28ClN3O2. The van der Waals surface area contributed by atoms with Gasteiger partial charge in [-0.05, 0) is 54.7 Å². The molecule has 3 aromatic rings. The fourth-order valence-corrected chi connectivity index (χ4v) is 5.04. The number of hydrogen-bond acceptors (Lipinski definition) is 3. The third kappa shape index (κ3) is 4.04. The molecule has 0 aliphatic carbocycles. The third-order valence-corrected chi connectivity index (χ3v) is 6.98. The second kappa shape index (κ2) is 8.56. The lowest BCUT2D eigenvalue weighted by atomic mass is 9.99. The second-order valence-electron chi connectivity index (χ2n) is 8.76. The van der Waals surface area contributed by atoms with E-state index in [1.54, 1.807) is 0 Å². The summed E-state index contributed by atoms with van der Waals surface area (Å²) >= 11 is 6.59. The number of nitrogens with zero attached hydrogens (tertiary/aromatic N) is 3. The number of carbonyl (C=O) groups is 1. The van der Waals surface area contributed by atoms with E-state index < -0.39 is 0 Å². The van der Waals surface area contributed by atoms with Gasteiger partial charge in [-0.3, -0.25) is 9.69 Å². The maximum Gasteiger partial charge on any atom is 0.289 e. The lowest BCUT2D eigenvalue weighted by Crippen LogP contribution is -2.38. The molecular weight excluding hydrogens is 410 g/mol. The Morgan fingerprint density at radius 2 is 1.84 bits per heavy atom. The summed E-state index contributed by atoms with van der Waals surface area (Å²) in [5.74, 6) is 1.95. The van der Waals surface area contributed by atoms with E-state index in [4.69, 9.17) is 16.0 Å². The molecule has 6 heteroatoms. The van der Waals surface area contributed by atoms with Crippen LogP contribution in [0.2, 0.25) is 5.02 Å². The Morgan fingerprint density at radius 1 is 1.03 bits per heavy atom. The quantitative estimate of drug-likeness (QED) is 0.562. The first-order valence-corrected chi connectivity index (χ1v) is 11.5. The molecule has 1 atom stereocenters. The number of likely N-dealkylation sites (tertiary alicyclic amines) is 1. The molecule has 0 bridgehead atoms. The van der Waals surface area contributed by atoms with Gasteiger partial charge < -0.3 is 13.9 Å². The summed E-state index contributed by atoms with van der Waals surface area (Å²) < 4.78 is 8.33. The minimum atomic E-state index is 0.00771. The molecule has 1 fully saturated rings. The van der Waals surface area contributed by atoms with Gasteiger partial charge in [0.2, 0.25) is 0 Å². The lowest BCUT2D eigenvalue weighted by Gasteiger charge is -2.37. The molecule has 1 saturated heterocycles. The van der Waals surface area contributed by atoms with Crippen molar-refractivity contribution in [3.05, 3.63) is 82.5 Å². The van der Waals surface area contributed by atoms with Crippen LogP contribution in [0, 0.1) is 5.92 Å². The van der Waals surface area contributed by atoms with Crippen molar-refractivity contribution in [2.45, 2.75) is 38.9 Å². The van der Waals surface area contributed by atoms with E-state index in [9.17, 15) is 4.79 Å². The SMILES string of the molecule is CC1CCN(C(=O)c2ccc(CN3CCn4cccc4C3c3ccccc3Cl)o2)CC1. The third-order valence-electron chi connectivity index (χ3n) is 6.64. The average Bonchev–Trinajstić information content (AvgIpc) is 3.44. The summed E-state index contributed by atoms with van der Waals surface area (Å²) in [6.45, 7) is 6.30. The van der Waals surface area contributed by atoms with Crippen molar-refractivity contribution in [3.63, 3.8) is 0 Å². The molecule has 31 heavy (non-hydrogen) atoms.